The van der Waals surface area contributed by atoms with Crippen molar-refractivity contribution in [3.05, 3.63) is 0 Å². The monoisotopic (exact) mass is 154 g/mol. The average Bonchev–Trinajstić information content (AvgIpc) is 1.39. The smallest absolute Gasteiger partial charge is 0.163 e. The Morgan fingerprint density at radius 3 is 1.00 bits per heavy atom. The minimum atomic E-state index is -0.778. The Hall–Kier alpha value is 0.400. The molecule has 7 heavy (non-hydrogen) atoms. The normalized spacial score (nSPS) is 5.14. The van der Waals surface area contributed by atoms with E-state index < -0.39 is 12.3 Å². The topological polar surface area (TPSA) is 31.5 Å². The van der Waals surface area contributed by atoms with E-state index in [4.69, 9.17) is 0 Å². The predicted molar refractivity (Wildman–Crippen MR) is 27.3 cm³/mol. The molecule has 1 nitrogen and oxygen atoms in total. The third kappa shape index (κ3) is 774. The molecule has 5 heteroatoms. The zero-order chi connectivity index (χ0) is 5.41. The van der Waals surface area contributed by atoms with Gasteiger partial charge < -0.3 is 5.48 Å². The minimum absolute atomic E-state index is 0. The molecule has 0 unspecified atom stereocenters. The first kappa shape index (κ1) is 15.7. The molecule has 0 aliphatic rings. The molecule has 0 saturated carbocycles. The number of alkyl halides is 4. The van der Waals surface area contributed by atoms with Gasteiger partial charge in [-0.25, -0.2) is 8.78 Å². The van der Waals surface area contributed by atoms with Crippen molar-refractivity contribution in [1.82, 2.24) is 0 Å². The van der Waals surface area contributed by atoms with Crippen LogP contribution < -0.4 is 0 Å². The first-order chi connectivity index (χ1) is 2.83. The summed E-state index contributed by atoms with van der Waals surface area (Å²) in [6, 6.07) is 0. The van der Waals surface area contributed by atoms with Crippen LogP contribution in [0.1, 0.15) is 0 Å². The van der Waals surface area contributed by atoms with Crippen LogP contribution in [-0.4, -0.2) is 17.7 Å². The largest absolute Gasteiger partial charge is 0.412 e. The van der Waals surface area contributed by atoms with E-state index in [-0.39, 0.29) is 5.48 Å². The van der Waals surface area contributed by atoms with Crippen molar-refractivity contribution in [2.45, 2.75) is 0 Å². The molecule has 0 saturated heterocycles. The molecule has 0 radical (unpaired) electrons. The van der Waals surface area contributed by atoms with Crippen LogP contribution in [-0.2, 0) is 0 Å². The van der Waals surface area contributed by atoms with Crippen LogP contribution in [0, 0.1) is 0 Å². The predicted octanol–water partition coefficient (Wildman–Crippen LogP) is 1.48. The Bertz CT molecular complexity index is 15.7. The summed E-state index contributed by atoms with van der Waals surface area (Å²) in [5.74, 6) is 0. The van der Waals surface area contributed by atoms with E-state index in [9.17, 15) is 8.78 Å². The number of hydrogen-bond donors (Lipinski definition) is 0. The Kier molecular flexibility index (Phi) is 72.5. The Morgan fingerprint density at radius 1 is 1.00 bits per heavy atom. The SMILES string of the molecule is FCCl.FCCl.O. The Balaban J connectivity index is -0.0000000400. The molecular weight excluding hydrogens is 149 g/mol. The van der Waals surface area contributed by atoms with Gasteiger partial charge >= 0.3 is 0 Å². The Morgan fingerprint density at radius 2 is 1.00 bits per heavy atom. The highest BCUT2D eigenvalue weighted by atomic mass is 35.5. The molecule has 0 aromatic carbocycles. The second-order valence-electron chi connectivity index (χ2n) is 0.202. The van der Waals surface area contributed by atoms with Gasteiger partial charge in [0.05, 0.1) is 0 Å². The van der Waals surface area contributed by atoms with Gasteiger partial charge in [0.25, 0.3) is 0 Å². The molecule has 0 aromatic heterocycles. The van der Waals surface area contributed by atoms with E-state index in [1.807, 2.05) is 0 Å². The van der Waals surface area contributed by atoms with E-state index in [2.05, 4.69) is 23.2 Å². The maximum Gasteiger partial charge on any atom is 0.163 e. The third-order valence-electron chi connectivity index (χ3n) is 0. The summed E-state index contributed by atoms with van der Waals surface area (Å²) in [5.41, 5.74) is 0. The molecule has 0 aromatic rings. The lowest BCUT2D eigenvalue weighted by atomic mass is 11.8. The second-order valence-corrected chi connectivity index (χ2v) is 0.606. The van der Waals surface area contributed by atoms with Gasteiger partial charge in [-0.3, -0.25) is 0 Å². The lowest BCUT2D eigenvalue weighted by molar-refractivity contribution is 0.599. The fourth-order valence-electron chi connectivity index (χ4n) is 0. The van der Waals surface area contributed by atoms with E-state index in [0.29, 0.717) is 0 Å². The molecule has 0 heterocycles. The van der Waals surface area contributed by atoms with Gasteiger partial charge in [-0.1, -0.05) is 23.2 Å². The van der Waals surface area contributed by atoms with Crippen LogP contribution >= 0.6 is 23.2 Å². The summed E-state index contributed by atoms with van der Waals surface area (Å²) in [7, 11) is 0. The molecule has 0 fully saturated rings. The quantitative estimate of drug-likeness (QED) is 0.474. The summed E-state index contributed by atoms with van der Waals surface area (Å²) >= 11 is 8.66. The fourth-order valence-corrected chi connectivity index (χ4v) is 0. The second kappa shape index (κ2) is 32.4. The molecule has 0 bridgehead atoms. The van der Waals surface area contributed by atoms with Gasteiger partial charge in [0.15, 0.2) is 12.3 Å². The van der Waals surface area contributed by atoms with Crippen molar-refractivity contribution in [1.29, 1.82) is 0 Å². The van der Waals surface area contributed by atoms with Crippen molar-refractivity contribution in [3.63, 3.8) is 0 Å². The fraction of sp³-hybridized carbons (Fsp3) is 1.00. The average molecular weight is 155 g/mol. The molecule has 0 rings (SSSR count). The van der Waals surface area contributed by atoms with Gasteiger partial charge in [-0.15, -0.1) is 0 Å². The van der Waals surface area contributed by atoms with Crippen molar-refractivity contribution < 1.29 is 14.3 Å². The van der Waals surface area contributed by atoms with Gasteiger partial charge in [-0.2, -0.15) is 0 Å². The van der Waals surface area contributed by atoms with Crippen LogP contribution in [0.4, 0.5) is 8.78 Å². The van der Waals surface area contributed by atoms with Gasteiger partial charge in [-0.05, 0) is 0 Å². The van der Waals surface area contributed by atoms with E-state index in [1.165, 1.54) is 0 Å². The van der Waals surface area contributed by atoms with Crippen molar-refractivity contribution >= 4 is 23.2 Å². The van der Waals surface area contributed by atoms with Gasteiger partial charge in [0, 0.05) is 0 Å². The summed E-state index contributed by atoms with van der Waals surface area (Å²) < 4.78 is 20.1. The minimum Gasteiger partial charge on any atom is -0.412 e. The number of halogens is 4. The summed E-state index contributed by atoms with van der Waals surface area (Å²) in [4.78, 5) is 0. The van der Waals surface area contributed by atoms with E-state index >= 15 is 0 Å². The van der Waals surface area contributed by atoms with Gasteiger partial charge in [0.1, 0.15) is 0 Å². The first-order valence-corrected chi connectivity index (χ1v) is 2.14. The highest BCUT2D eigenvalue weighted by molar-refractivity contribution is 6.17. The van der Waals surface area contributed by atoms with Crippen molar-refractivity contribution in [3.8, 4) is 0 Å². The summed E-state index contributed by atoms with van der Waals surface area (Å²) in [6.07, 6.45) is -1.56. The third-order valence-corrected chi connectivity index (χ3v) is 0. The molecule has 0 spiro atoms. The first-order valence-electron chi connectivity index (χ1n) is 1.07. The highest BCUT2D eigenvalue weighted by Gasteiger charge is 1.43. The number of rotatable bonds is 0. The lowest BCUT2D eigenvalue weighted by Crippen LogP contribution is -1.29. The van der Waals surface area contributed by atoms with Crippen LogP contribution in [0.25, 0.3) is 0 Å². The summed E-state index contributed by atoms with van der Waals surface area (Å²) in [5, 5.41) is 0. The molecular formula is C2H6Cl2F2O. The number of hydrogen-bond acceptors (Lipinski definition) is 0. The van der Waals surface area contributed by atoms with Crippen LogP contribution in [0.15, 0.2) is 0 Å². The zero-order valence-electron chi connectivity index (χ0n) is 3.43. The lowest BCUT2D eigenvalue weighted by Gasteiger charge is -1.42. The van der Waals surface area contributed by atoms with Crippen molar-refractivity contribution in [2.75, 3.05) is 12.3 Å². The van der Waals surface area contributed by atoms with Crippen LogP contribution in [0.3, 0.4) is 0 Å². The molecule has 48 valence electrons. The van der Waals surface area contributed by atoms with Crippen LogP contribution in [0.5, 0.6) is 0 Å². The molecule has 0 amide bonds. The maximum atomic E-state index is 10.1. The molecule has 0 aliphatic carbocycles. The van der Waals surface area contributed by atoms with Gasteiger partial charge in [0.2, 0.25) is 0 Å². The molecule has 0 aliphatic heterocycles. The van der Waals surface area contributed by atoms with E-state index in [0.717, 1.165) is 0 Å². The Labute approximate surface area is 50.5 Å². The van der Waals surface area contributed by atoms with Crippen molar-refractivity contribution in [2.24, 2.45) is 0 Å². The van der Waals surface area contributed by atoms with Crippen LogP contribution in [0.2, 0.25) is 0 Å². The van der Waals surface area contributed by atoms with E-state index in [1.54, 1.807) is 0 Å². The summed E-state index contributed by atoms with van der Waals surface area (Å²) in [6.45, 7) is 0. The standard InChI is InChI=1S/2CH2ClF.H2O/c2*2-1-3;/h2*1H2;1H2. The maximum absolute atomic E-state index is 10.1. The highest BCUT2D eigenvalue weighted by Crippen LogP contribution is 1.65. The molecule has 0 atom stereocenters. The zero-order valence-corrected chi connectivity index (χ0v) is 4.94. The molecule has 2 N–H and O–H groups in total.